The number of hydrogen-bond donors (Lipinski definition) is 2. The van der Waals surface area contributed by atoms with Gasteiger partial charge in [0.25, 0.3) is 5.91 Å². The number of carbonyl (C=O) groups excluding carboxylic acids is 1. The van der Waals surface area contributed by atoms with E-state index in [-0.39, 0.29) is 5.91 Å². The van der Waals surface area contributed by atoms with Crippen LogP contribution in [0.3, 0.4) is 0 Å². The van der Waals surface area contributed by atoms with E-state index in [1.54, 1.807) is 25.3 Å². The van der Waals surface area contributed by atoms with Crippen molar-refractivity contribution in [3.05, 3.63) is 23.8 Å². The van der Waals surface area contributed by atoms with Crippen molar-refractivity contribution in [1.82, 2.24) is 10.2 Å². The number of hydrogen-bond acceptors (Lipinski definition) is 4. The summed E-state index contributed by atoms with van der Waals surface area (Å²) in [5.74, 6) is 0.637. The van der Waals surface area contributed by atoms with Crippen molar-refractivity contribution in [2.24, 2.45) is 5.41 Å². The van der Waals surface area contributed by atoms with Crippen LogP contribution in [0, 0.1) is 5.41 Å². The molecule has 0 saturated carbocycles. The van der Waals surface area contributed by atoms with Crippen LogP contribution in [0.5, 0.6) is 5.75 Å². The molecule has 20 heavy (non-hydrogen) atoms. The first kappa shape index (κ1) is 13.2. The molecule has 2 heterocycles. The second kappa shape index (κ2) is 4.98. The molecule has 0 atom stereocenters. The third-order valence-corrected chi connectivity index (χ3v) is 4.59. The van der Waals surface area contributed by atoms with Gasteiger partial charge in [0.2, 0.25) is 0 Å². The Bertz CT molecular complexity index is 516. The van der Waals surface area contributed by atoms with E-state index in [1.807, 2.05) is 4.90 Å². The monoisotopic (exact) mass is 275 g/mol. The smallest absolute Gasteiger partial charge is 0.253 e. The lowest BCUT2D eigenvalue weighted by atomic mass is 9.73. The molecule has 1 amide bonds. The highest BCUT2D eigenvalue weighted by Gasteiger charge is 2.40. The first-order valence-corrected chi connectivity index (χ1v) is 7.07. The van der Waals surface area contributed by atoms with Gasteiger partial charge in [-0.3, -0.25) is 4.79 Å². The Hall–Kier alpha value is -1.75. The third-order valence-electron chi connectivity index (χ3n) is 4.59. The Morgan fingerprint density at radius 2 is 2.05 bits per heavy atom. The molecule has 2 aliphatic rings. The fourth-order valence-electron chi connectivity index (χ4n) is 3.04. The average Bonchev–Trinajstić information content (AvgIpc) is 2.45. The minimum atomic E-state index is 0.0745. The van der Waals surface area contributed by atoms with Gasteiger partial charge in [0.15, 0.2) is 0 Å². The molecule has 0 aromatic heterocycles. The zero-order valence-corrected chi connectivity index (χ0v) is 11.8. The number of methoxy groups -OCH3 is 1. The number of nitrogens with two attached hydrogens (primary N) is 1. The fraction of sp³-hybridized carbons (Fsp3) is 0.533. The van der Waals surface area contributed by atoms with Crippen LogP contribution in [0.25, 0.3) is 0 Å². The van der Waals surface area contributed by atoms with Crippen molar-refractivity contribution in [2.75, 3.05) is 39.0 Å². The maximum atomic E-state index is 12.5. The van der Waals surface area contributed by atoms with E-state index >= 15 is 0 Å². The van der Waals surface area contributed by atoms with Crippen LogP contribution in [0.1, 0.15) is 23.2 Å². The van der Waals surface area contributed by atoms with Crippen LogP contribution in [0.2, 0.25) is 0 Å². The highest BCUT2D eigenvalue weighted by molar-refractivity contribution is 5.95. The number of nitrogen functional groups attached to an aromatic ring is 1. The third kappa shape index (κ3) is 2.22. The molecule has 5 nitrogen and oxygen atoms in total. The predicted octanol–water partition coefficient (Wildman–Crippen LogP) is 1.10. The maximum absolute atomic E-state index is 12.5. The Morgan fingerprint density at radius 3 is 2.60 bits per heavy atom. The van der Waals surface area contributed by atoms with Crippen LogP contribution >= 0.6 is 0 Å². The van der Waals surface area contributed by atoms with E-state index in [0.29, 0.717) is 22.4 Å². The highest BCUT2D eigenvalue weighted by Crippen LogP contribution is 2.35. The molecule has 5 heteroatoms. The number of likely N-dealkylation sites (tertiary alicyclic amines) is 1. The lowest BCUT2D eigenvalue weighted by molar-refractivity contribution is 0.0414. The van der Waals surface area contributed by atoms with E-state index in [9.17, 15) is 4.79 Å². The molecule has 1 spiro atoms. The number of anilines is 1. The van der Waals surface area contributed by atoms with E-state index in [4.69, 9.17) is 10.5 Å². The van der Waals surface area contributed by atoms with Gasteiger partial charge in [0.1, 0.15) is 5.75 Å². The molecule has 3 rings (SSSR count). The van der Waals surface area contributed by atoms with Crippen LogP contribution in [0.4, 0.5) is 5.69 Å². The SMILES string of the molecule is COc1cc(C(=O)N2CCC3(CC2)CNC3)ccc1N. The van der Waals surface area contributed by atoms with Gasteiger partial charge in [-0.2, -0.15) is 0 Å². The predicted molar refractivity (Wildman–Crippen MR) is 77.8 cm³/mol. The van der Waals surface area contributed by atoms with Gasteiger partial charge in [-0.1, -0.05) is 0 Å². The summed E-state index contributed by atoms with van der Waals surface area (Å²) < 4.78 is 5.18. The van der Waals surface area contributed by atoms with Crippen molar-refractivity contribution in [1.29, 1.82) is 0 Å². The highest BCUT2D eigenvalue weighted by atomic mass is 16.5. The number of nitrogens with zero attached hydrogens (tertiary/aromatic N) is 1. The molecule has 108 valence electrons. The fourth-order valence-corrected chi connectivity index (χ4v) is 3.04. The van der Waals surface area contributed by atoms with Crippen LogP contribution in [-0.4, -0.2) is 44.1 Å². The number of ether oxygens (including phenoxy) is 1. The molecule has 2 saturated heterocycles. The number of rotatable bonds is 2. The Kier molecular flexibility index (Phi) is 3.30. The van der Waals surface area contributed by atoms with Gasteiger partial charge in [-0.15, -0.1) is 0 Å². The largest absolute Gasteiger partial charge is 0.495 e. The summed E-state index contributed by atoms with van der Waals surface area (Å²) in [6.45, 7) is 3.88. The van der Waals surface area contributed by atoms with E-state index in [2.05, 4.69) is 5.32 Å². The van der Waals surface area contributed by atoms with E-state index in [1.165, 1.54) is 0 Å². The van der Waals surface area contributed by atoms with Gasteiger partial charge < -0.3 is 20.7 Å². The number of benzene rings is 1. The maximum Gasteiger partial charge on any atom is 0.253 e. The number of amides is 1. The lowest BCUT2D eigenvalue weighted by Crippen LogP contribution is -2.58. The van der Waals surface area contributed by atoms with Gasteiger partial charge in [0.05, 0.1) is 12.8 Å². The van der Waals surface area contributed by atoms with Gasteiger partial charge in [0, 0.05) is 31.7 Å². The van der Waals surface area contributed by atoms with Crippen molar-refractivity contribution >= 4 is 11.6 Å². The van der Waals surface area contributed by atoms with Gasteiger partial charge in [-0.05, 0) is 36.5 Å². The second-order valence-corrected chi connectivity index (χ2v) is 5.85. The Labute approximate surface area is 119 Å². The topological polar surface area (TPSA) is 67.6 Å². The normalized spacial score (nSPS) is 20.6. The van der Waals surface area contributed by atoms with Crippen LogP contribution < -0.4 is 15.8 Å². The molecule has 0 aliphatic carbocycles. The summed E-state index contributed by atoms with van der Waals surface area (Å²) >= 11 is 0. The summed E-state index contributed by atoms with van der Waals surface area (Å²) in [7, 11) is 1.56. The minimum Gasteiger partial charge on any atom is -0.495 e. The molecule has 0 bridgehead atoms. The first-order chi connectivity index (χ1) is 9.63. The lowest BCUT2D eigenvalue weighted by Gasteiger charge is -2.48. The number of piperidine rings is 1. The van der Waals surface area contributed by atoms with Crippen molar-refractivity contribution in [3.8, 4) is 5.75 Å². The molecular weight excluding hydrogens is 254 g/mol. The molecule has 2 aliphatic heterocycles. The first-order valence-electron chi connectivity index (χ1n) is 7.07. The molecule has 0 unspecified atom stereocenters. The summed E-state index contributed by atoms with van der Waals surface area (Å²) in [4.78, 5) is 14.4. The van der Waals surface area contributed by atoms with Gasteiger partial charge >= 0.3 is 0 Å². The van der Waals surface area contributed by atoms with Crippen molar-refractivity contribution < 1.29 is 9.53 Å². The van der Waals surface area contributed by atoms with E-state index in [0.717, 1.165) is 39.0 Å². The Morgan fingerprint density at radius 1 is 1.35 bits per heavy atom. The Balaban J connectivity index is 1.70. The molecule has 0 radical (unpaired) electrons. The average molecular weight is 275 g/mol. The summed E-state index contributed by atoms with van der Waals surface area (Å²) in [6, 6.07) is 5.23. The molecule has 2 fully saturated rings. The minimum absolute atomic E-state index is 0.0745. The number of carbonyl (C=O) groups is 1. The number of nitrogens with one attached hydrogen (secondary N) is 1. The van der Waals surface area contributed by atoms with Crippen LogP contribution in [0.15, 0.2) is 18.2 Å². The zero-order chi connectivity index (χ0) is 14.2. The van der Waals surface area contributed by atoms with Gasteiger partial charge in [-0.25, -0.2) is 0 Å². The van der Waals surface area contributed by atoms with Crippen LogP contribution in [-0.2, 0) is 0 Å². The van der Waals surface area contributed by atoms with E-state index < -0.39 is 0 Å². The second-order valence-electron chi connectivity index (χ2n) is 5.85. The van der Waals surface area contributed by atoms with Crippen molar-refractivity contribution in [2.45, 2.75) is 12.8 Å². The zero-order valence-electron chi connectivity index (χ0n) is 11.8. The summed E-state index contributed by atoms with van der Waals surface area (Å²) in [5.41, 5.74) is 7.45. The quantitative estimate of drug-likeness (QED) is 0.793. The molecule has 1 aromatic carbocycles. The molecular formula is C15H21N3O2. The summed E-state index contributed by atoms with van der Waals surface area (Å²) in [6.07, 6.45) is 2.19. The molecule has 1 aromatic rings. The standard InChI is InChI=1S/C15H21N3O2/c1-20-13-8-11(2-3-12(13)16)14(19)18-6-4-15(5-7-18)9-17-10-15/h2-3,8,17H,4-7,9-10,16H2,1H3. The molecule has 3 N–H and O–H groups in total. The van der Waals surface area contributed by atoms with Crippen molar-refractivity contribution in [3.63, 3.8) is 0 Å². The summed E-state index contributed by atoms with van der Waals surface area (Å²) in [5, 5.41) is 3.33.